The van der Waals surface area contributed by atoms with Crippen molar-refractivity contribution in [2.24, 2.45) is 0 Å². The minimum Gasteiger partial charge on any atom is -0.473 e. The summed E-state index contributed by atoms with van der Waals surface area (Å²) in [6, 6.07) is 12.0. The molecule has 1 N–H and O–H groups in total. The van der Waals surface area contributed by atoms with Crippen molar-refractivity contribution in [3.8, 4) is 5.88 Å². The molecule has 0 fully saturated rings. The summed E-state index contributed by atoms with van der Waals surface area (Å²) in [5.74, 6) is 0.665. The Hall–Kier alpha value is -1.39. The molecule has 1 aromatic heterocycles. The van der Waals surface area contributed by atoms with Gasteiger partial charge in [-0.05, 0) is 25.1 Å². The summed E-state index contributed by atoms with van der Waals surface area (Å²) in [6.45, 7) is 6.43. The second kappa shape index (κ2) is 7.41. The lowest BCUT2D eigenvalue weighted by Gasteiger charge is -2.10. The monoisotopic (exact) mass is 334 g/mol. The van der Waals surface area contributed by atoms with Crippen molar-refractivity contribution < 1.29 is 4.74 Å². The van der Waals surface area contributed by atoms with Gasteiger partial charge in [0.15, 0.2) is 0 Å². The van der Waals surface area contributed by atoms with Crippen LogP contribution in [0, 0.1) is 6.92 Å². The average molecular weight is 335 g/mol. The zero-order valence-electron chi connectivity index (χ0n) is 11.8. The van der Waals surface area contributed by atoms with Crippen LogP contribution in [-0.4, -0.2) is 11.5 Å². The molecule has 0 saturated carbocycles. The van der Waals surface area contributed by atoms with Crippen LogP contribution < -0.4 is 10.1 Å². The first kappa shape index (κ1) is 15.0. The van der Waals surface area contributed by atoms with Gasteiger partial charge in [-0.1, -0.05) is 47.1 Å². The normalized spacial score (nSPS) is 10.6. The Balaban J connectivity index is 2.00. The van der Waals surface area contributed by atoms with Gasteiger partial charge in [-0.15, -0.1) is 0 Å². The maximum atomic E-state index is 5.75. The lowest BCUT2D eigenvalue weighted by Crippen LogP contribution is -2.13. The van der Waals surface area contributed by atoms with Gasteiger partial charge in [0.1, 0.15) is 6.61 Å². The maximum Gasteiger partial charge on any atom is 0.213 e. The zero-order valence-corrected chi connectivity index (χ0v) is 13.4. The molecule has 1 aromatic carbocycles. The van der Waals surface area contributed by atoms with Gasteiger partial charge in [-0.3, -0.25) is 0 Å². The molecule has 3 nitrogen and oxygen atoms in total. The number of hydrogen-bond donors (Lipinski definition) is 1. The number of aromatic nitrogens is 1. The molecule has 0 aliphatic carbocycles. The van der Waals surface area contributed by atoms with Crippen LogP contribution in [0.1, 0.15) is 23.7 Å². The Kier molecular flexibility index (Phi) is 5.56. The summed E-state index contributed by atoms with van der Waals surface area (Å²) in [4.78, 5) is 4.49. The molecule has 2 rings (SSSR count). The molecule has 0 unspecified atom stereocenters. The number of pyridine rings is 1. The lowest BCUT2D eigenvalue weighted by atomic mass is 10.2. The molecule has 4 heteroatoms. The number of hydrogen-bond acceptors (Lipinski definition) is 3. The van der Waals surface area contributed by atoms with Crippen molar-refractivity contribution in [3.63, 3.8) is 0 Å². The quantitative estimate of drug-likeness (QED) is 0.871. The van der Waals surface area contributed by atoms with Gasteiger partial charge in [0.25, 0.3) is 0 Å². The highest BCUT2D eigenvalue weighted by Crippen LogP contribution is 2.19. The van der Waals surface area contributed by atoms with E-state index in [0.29, 0.717) is 12.5 Å². The van der Waals surface area contributed by atoms with Crippen molar-refractivity contribution in [1.82, 2.24) is 10.3 Å². The van der Waals surface area contributed by atoms with Gasteiger partial charge < -0.3 is 10.1 Å². The van der Waals surface area contributed by atoms with E-state index in [1.807, 2.05) is 37.3 Å². The van der Waals surface area contributed by atoms with Gasteiger partial charge >= 0.3 is 0 Å². The van der Waals surface area contributed by atoms with Gasteiger partial charge in [-0.25, -0.2) is 4.98 Å². The van der Waals surface area contributed by atoms with Crippen LogP contribution in [0.2, 0.25) is 0 Å². The fourth-order valence-corrected chi connectivity index (χ4v) is 2.26. The largest absolute Gasteiger partial charge is 0.473 e. The van der Waals surface area contributed by atoms with E-state index in [1.54, 1.807) is 0 Å². The minimum atomic E-state index is 0.514. The number of aryl methyl sites for hydroxylation is 1. The van der Waals surface area contributed by atoms with Crippen molar-refractivity contribution in [2.75, 3.05) is 6.54 Å². The average Bonchev–Trinajstić information content (AvgIpc) is 2.45. The van der Waals surface area contributed by atoms with Crippen molar-refractivity contribution in [2.45, 2.75) is 27.0 Å². The molecule has 20 heavy (non-hydrogen) atoms. The number of halogens is 1. The Morgan fingerprint density at radius 3 is 2.65 bits per heavy atom. The molecule has 0 bridgehead atoms. The lowest BCUT2D eigenvalue weighted by molar-refractivity contribution is 0.292. The van der Waals surface area contributed by atoms with E-state index in [9.17, 15) is 0 Å². The molecule has 0 aliphatic heterocycles. The topological polar surface area (TPSA) is 34.1 Å². The first-order valence-corrected chi connectivity index (χ1v) is 7.53. The molecule has 0 saturated heterocycles. The summed E-state index contributed by atoms with van der Waals surface area (Å²) in [7, 11) is 0. The molecule has 0 atom stereocenters. The molecule has 2 aromatic rings. The number of rotatable bonds is 6. The fourth-order valence-electron chi connectivity index (χ4n) is 1.86. The summed E-state index contributed by atoms with van der Waals surface area (Å²) in [5.41, 5.74) is 3.33. The predicted molar refractivity (Wildman–Crippen MR) is 84.8 cm³/mol. The second-order valence-electron chi connectivity index (χ2n) is 4.55. The van der Waals surface area contributed by atoms with Crippen LogP contribution in [-0.2, 0) is 13.2 Å². The fraction of sp³-hybridized carbons (Fsp3) is 0.312. The third-order valence-electron chi connectivity index (χ3n) is 3.07. The van der Waals surface area contributed by atoms with E-state index < -0.39 is 0 Å². The standard InChI is InChI=1S/C16H19BrN2O/c1-3-18-10-13-8-9-16(19-12(13)2)20-11-14-6-4-5-7-15(14)17/h4-9,18H,3,10-11H2,1-2H3. The van der Waals surface area contributed by atoms with Gasteiger partial charge in [0, 0.05) is 28.3 Å². The zero-order chi connectivity index (χ0) is 14.4. The Morgan fingerprint density at radius 2 is 1.95 bits per heavy atom. The molecule has 0 radical (unpaired) electrons. The Morgan fingerprint density at radius 1 is 1.15 bits per heavy atom. The van der Waals surface area contributed by atoms with Gasteiger partial charge in [-0.2, -0.15) is 0 Å². The number of nitrogens with zero attached hydrogens (tertiary/aromatic N) is 1. The highest BCUT2D eigenvalue weighted by molar-refractivity contribution is 9.10. The smallest absolute Gasteiger partial charge is 0.213 e. The highest BCUT2D eigenvalue weighted by Gasteiger charge is 2.04. The Labute approximate surface area is 128 Å². The number of ether oxygens (including phenoxy) is 1. The van der Waals surface area contributed by atoms with Crippen LogP contribution in [0.4, 0.5) is 0 Å². The minimum absolute atomic E-state index is 0.514. The van der Waals surface area contributed by atoms with Gasteiger partial charge in [0.05, 0.1) is 0 Å². The van der Waals surface area contributed by atoms with Crippen LogP contribution in [0.3, 0.4) is 0 Å². The van der Waals surface area contributed by atoms with Crippen molar-refractivity contribution >= 4 is 15.9 Å². The van der Waals surface area contributed by atoms with Crippen LogP contribution in [0.15, 0.2) is 40.9 Å². The molecule has 106 valence electrons. The Bertz CT molecular complexity index is 572. The molecular formula is C16H19BrN2O. The third kappa shape index (κ3) is 4.05. The van der Waals surface area contributed by atoms with E-state index in [-0.39, 0.29) is 0 Å². The maximum absolute atomic E-state index is 5.75. The number of nitrogens with one attached hydrogen (secondary N) is 1. The summed E-state index contributed by atoms with van der Waals surface area (Å²) in [5, 5.41) is 3.30. The summed E-state index contributed by atoms with van der Waals surface area (Å²) in [6.07, 6.45) is 0. The summed E-state index contributed by atoms with van der Waals surface area (Å²) >= 11 is 3.52. The van der Waals surface area contributed by atoms with E-state index in [1.165, 1.54) is 5.56 Å². The van der Waals surface area contributed by atoms with Crippen molar-refractivity contribution in [3.05, 3.63) is 57.7 Å². The first-order valence-electron chi connectivity index (χ1n) is 6.74. The van der Waals surface area contributed by atoms with Crippen LogP contribution >= 0.6 is 15.9 Å². The SMILES string of the molecule is CCNCc1ccc(OCc2ccccc2Br)nc1C. The first-order chi connectivity index (χ1) is 9.70. The van der Waals surface area contributed by atoms with Crippen molar-refractivity contribution in [1.29, 1.82) is 0 Å². The second-order valence-corrected chi connectivity index (χ2v) is 5.41. The predicted octanol–water partition coefficient (Wildman–Crippen LogP) is 3.84. The third-order valence-corrected chi connectivity index (χ3v) is 3.84. The molecule has 0 aliphatic rings. The van der Waals surface area contributed by atoms with E-state index in [4.69, 9.17) is 4.74 Å². The molecule has 0 spiro atoms. The van der Waals surface area contributed by atoms with Gasteiger partial charge in [0.2, 0.25) is 5.88 Å². The number of benzene rings is 1. The molecular weight excluding hydrogens is 316 g/mol. The van der Waals surface area contributed by atoms with E-state index >= 15 is 0 Å². The van der Waals surface area contributed by atoms with E-state index in [0.717, 1.165) is 28.8 Å². The van der Waals surface area contributed by atoms with Crippen LogP contribution in [0.5, 0.6) is 5.88 Å². The molecule has 0 amide bonds. The highest BCUT2D eigenvalue weighted by atomic mass is 79.9. The van der Waals surface area contributed by atoms with E-state index in [2.05, 4.69) is 39.2 Å². The molecule has 1 heterocycles. The van der Waals surface area contributed by atoms with Crippen LogP contribution in [0.25, 0.3) is 0 Å². The summed E-state index contributed by atoms with van der Waals surface area (Å²) < 4.78 is 6.81.